The van der Waals surface area contributed by atoms with Crippen molar-refractivity contribution in [1.82, 2.24) is 10.6 Å². The van der Waals surface area contributed by atoms with Gasteiger partial charge < -0.3 is 15.7 Å². The van der Waals surface area contributed by atoms with Gasteiger partial charge in [0.2, 0.25) is 0 Å². The van der Waals surface area contributed by atoms with Crippen molar-refractivity contribution in [3.8, 4) is 0 Å². The lowest BCUT2D eigenvalue weighted by Gasteiger charge is -2.23. The number of rotatable bonds is 5. The Balaban J connectivity index is 0.00000242. The average Bonchev–Trinajstić information content (AvgIpc) is 2.91. The molecular weight excluding hydrogens is 389 g/mol. The van der Waals surface area contributed by atoms with Crippen LogP contribution in [0.4, 0.5) is 0 Å². The lowest BCUT2D eigenvalue weighted by Crippen LogP contribution is -2.46. The Morgan fingerprint density at radius 3 is 2.41 bits per heavy atom. The van der Waals surface area contributed by atoms with Crippen molar-refractivity contribution in [1.29, 1.82) is 0 Å². The molecule has 1 fully saturated rings. The summed E-state index contributed by atoms with van der Waals surface area (Å²) in [5.41, 5.74) is 1.90. The molecule has 1 aliphatic carbocycles. The number of nitrogens with one attached hydrogen (secondary N) is 2. The molecule has 124 valence electrons. The third-order valence-corrected chi connectivity index (χ3v) is 4.00. The molecular formula is C17H28IN3O. The van der Waals surface area contributed by atoms with Crippen LogP contribution in [0.5, 0.6) is 0 Å². The second-order valence-electron chi connectivity index (χ2n) is 5.97. The molecule has 0 bridgehead atoms. The second kappa shape index (κ2) is 9.35. The van der Waals surface area contributed by atoms with E-state index in [-0.39, 0.29) is 24.0 Å². The van der Waals surface area contributed by atoms with Gasteiger partial charge in [0, 0.05) is 13.1 Å². The molecule has 4 nitrogen and oxygen atoms in total. The zero-order valence-corrected chi connectivity index (χ0v) is 15.9. The van der Waals surface area contributed by atoms with Crippen molar-refractivity contribution in [3.63, 3.8) is 0 Å². The molecule has 3 N–H and O–H groups in total. The number of nitrogens with zero attached hydrogens (tertiary/aromatic N) is 1. The number of guanidine groups is 1. The minimum atomic E-state index is -0.556. The number of aliphatic hydroxyl groups is 1. The number of benzene rings is 1. The second-order valence-corrected chi connectivity index (χ2v) is 5.97. The van der Waals surface area contributed by atoms with Crippen LogP contribution in [0.2, 0.25) is 0 Å². The quantitative estimate of drug-likeness (QED) is 0.392. The monoisotopic (exact) mass is 417 g/mol. The minimum absolute atomic E-state index is 0. The van der Waals surface area contributed by atoms with Gasteiger partial charge in [0.05, 0.1) is 12.1 Å². The molecule has 1 aliphatic rings. The summed E-state index contributed by atoms with van der Waals surface area (Å²) >= 11 is 0. The van der Waals surface area contributed by atoms with Crippen molar-refractivity contribution in [3.05, 3.63) is 35.4 Å². The maximum Gasteiger partial charge on any atom is 0.191 e. The molecule has 0 aliphatic heterocycles. The van der Waals surface area contributed by atoms with Crippen molar-refractivity contribution >= 4 is 29.9 Å². The molecule has 0 amide bonds. The van der Waals surface area contributed by atoms with Gasteiger partial charge in [0.25, 0.3) is 0 Å². The summed E-state index contributed by atoms with van der Waals surface area (Å²) in [6, 6.07) is 8.42. The van der Waals surface area contributed by atoms with Gasteiger partial charge in [-0.25, -0.2) is 4.99 Å². The summed E-state index contributed by atoms with van der Waals surface area (Å²) in [6.07, 6.45) is 4.01. The maximum absolute atomic E-state index is 10.4. The summed E-state index contributed by atoms with van der Waals surface area (Å²) < 4.78 is 0. The molecule has 0 aromatic heterocycles. The fraction of sp³-hybridized carbons (Fsp3) is 0.588. The molecule has 22 heavy (non-hydrogen) atoms. The predicted octanol–water partition coefficient (Wildman–Crippen LogP) is 2.97. The van der Waals surface area contributed by atoms with Crippen LogP contribution in [0.15, 0.2) is 29.3 Å². The van der Waals surface area contributed by atoms with E-state index in [1.54, 1.807) is 0 Å². The number of halogens is 1. The Hall–Kier alpha value is -0.820. The van der Waals surface area contributed by atoms with E-state index in [1.165, 1.54) is 11.1 Å². The van der Waals surface area contributed by atoms with Crippen LogP contribution < -0.4 is 10.6 Å². The standard InChI is InChI=1S/C17H27N3O.HI/c1-3-18-16(20-13-17(21)10-4-5-11-17)19-12-15-8-6-14(2)7-9-15;/h6-9,21H,3-5,10-13H2,1-2H3,(H2,18,19,20);1H. The zero-order chi connectivity index (χ0) is 15.1. The van der Waals surface area contributed by atoms with Crippen molar-refractivity contribution in [2.75, 3.05) is 13.1 Å². The summed E-state index contributed by atoms with van der Waals surface area (Å²) in [5.74, 6) is 0.776. The SMILES string of the molecule is CCNC(=NCc1ccc(C)cc1)NCC1(O)CCCC1.I. The Kier molecular flexibility index (Phi) is 8.17. The van der Waals surface area contributed by atoms with E-state index in [4.69, 9.17) is 0 Å². The highest BCUT2D eigenvalue weighted by Gasteiger charge is 2.30. The van der Waals surface area contributed by atoms with E-state index in [0.29, 0.717) is 13.1 Å². The van der Waals surface area contributed by atoms with E-state index in [2.05, 4.69) is 46.8 Å². The first-order valence-electron chi connectivity index (χ1n) is 7.91. The highest BCUT2D eigenvalue weighted by atomic mass is 127. The molecule has 0 atom stereocenters. The smallest absolute Gasteiger partial charge is 0.191 e. The summed E-state index contributed by atoms with van der Waals surface area (Å²) in [7, 11) is 0. The third-order valence-electron chi connectivity index (χ3n) is 4.00. The van der Waals surface area contributed by atoms with Crippen molar-refractivity contribution < 1.29 is 5.11 Å². The number of aliphatic imine (C=N–C) groups is 1. The summed E-state index contributed by atoms with van der Waals surface area (Å²) in [4.78, 5) is 4.59. The molecule has 5 heteroatoms. The Bertz CT molecular complexity index is 467. The summed E-state index contributed by atoms with van der Waals surface area (Å²) in [5, 5.41) is 16.9. The maximum atomic E-state index is 10.4. The Labute approximate surface area is 150 Å². The molecule has 1 aromatic carbocycles. The van der Waals surface area contributed by atoms with Crippen LogP contribution in [-0.2, 0) is 6.54 Å². The first-order chi connectivity index (χ1) is 10.1. The van der Waals surface area contributed by atoms with E-state index in [9.17, 15) is 5.11 Å². The van der Waals surface area contributed by atoms with Gasteiger partial charge in [-0.3, -0.25) is 0 Å². The topological polar surface area (TPSA) is 56.7 Å². The molecule has 0 spiro atoms. The minimum Gasteiger partial charge on any atom is -0.388 e. The predicted molar refractivity (Wildman–Crippen MR) is 103 cm³/mol. The molecule has 0 radical (unpaired) electrons. The van der Waals surface area contributed by atoms with Crippen molar-refractivity contribution in [2.45, 2.75) is 51.7 Å². The molecule has 1 saturated carbocycles. The van der Waals surface area contributed by atoms with Gasteiger partial charge in [0.1, 0.15) is 0 Å². The van der Waals surface area contributed by atoms with Crippen LogP contribution in [0, 0.1) is 6.92 Å². The van der Waals surface area contributed by atoms with Gasteiger partial charge in [-0.15, -0.1) is 24.0 Å². The molecule has 1 aromatic rings. The first kappa shape index (κ1) is 19.2. The van der Waals surface area contributed by atoms with E-state index < -0.39 is 5.60 Å². The first-order valence-corrected chi connectivity index (χ1v) is 7.91. The van der Waals surface area contributed by atoms with E-state index in [0.717, 1.165) is 38.2 Å². The summed E-state index contributed by atoms with van der Waals surface area (Å²) in [6.45, 7) is 6.17. The average molecular weight is 417 g/mol. The number of hydrogen-bond donors (Lipinski definition) is 3. The number of aryl methyl sites for hydroxylation is 1. The molecule has 0 saturated heterocycles. The van der Waals surface area contributed by atoms with Crippen LogP contribution >= 0.6 is 24.0 Å². The molecule has 0 heterocycles. The lowest BCUT2D eigenvalue weighted by molar-refractivity contribution is 0.0522. The van der Waals surface area contributed by atoms with Gasteiger partial charge >= 0.3 is 0 Å². The highest BCUT2D eigenvalue weighted by molar-refractivity contribution is 14.0. The fourth-order valence-electron chi connectivity index (χ4n) is 2.66. The van der Waals surface area contributed by atoms with Crippen molar-refractivity contribution in [2.24, 2.45) is 4.99 Å². The van der Waals surface area contributed by atoms with Crippen LogP contribution in [0.1, 0.15) is 43.7 Å². The van der Waals surface area contributed by atoms with E-state index >= 15 is 0 Å². The van der Waals surface area contributed by atoms with Crippen LogP contribution in [0.25, 0.3) is 0 Å². The molecule has 0 unspecified atom stereocenters. The highest BCUT2D eigenvalue weighted by Crippen LogP contribution is 2.28. The van der Waals surface area contributed by atoms with Gasteiger partial charge in [-0.1, -0.05) is 42.7 Å². The van der Waals surface area contributed by atoms with Gasteiger partial charge in [0.15, 0.2) is 5.96 Å². The normalized spacial score (nSPS) is 17.0. The largest absolute Gasteiger partial charge is 0.388 e. The fourth-order valence-corrected chi connectivity index (χ4v) is 2.66. The van der Waals surface area contributed by atoms with Gasteiger partial charge in [-0.05, 0) is 32.3 Å². The van der Waals surface area contributed by atoms with Crippen LogP contribution in [0.3, 0.4) is 0 Å². The Morgan fingerprint density at radius 2 is 1.82 bits per heavy atom. The lowest BCUT2D eigenvalue weighted by atomic mass is 10.0. The Morgan fingerprint density at radius 1 is 1.18 bits per heavy atom. The van der Waals surface area contributed by atoms with Gasteiger partial charge in [-0.2, -0.15) is 0 Å². The third kappa shape index (κ3) is 6.12. The van der Waals surface area contributed by atoms with E-state index in [1.807, 2.05) is 6.92 Å². The van der Waals surface area contributed by atoms with Crippen LogP contribution in [-0.4, -0.2) is 29.8 Å². The zero-order valence-electron chi connectivity index (χ0n) is 13.6. The number of hydrogen-bond acceptors (Lipinski definition) is 2. The molecule has 2 rings (SSSR count).